The molecule has 0 radical (unpaired) electrons. The Bertz CT molecular complexity index is 1350. The summed E-state index contributed by atoms with van der Waals surface area (Å²) in [5, 5.41) is 5.69. The maximum Gasteiger partial charge on any atom is 0.243 e. The van der Waals surface area contributed by atoms with E-state index in [1.807, 2.05) is 32.9 Å². The molecule has 0 atom stereocenters. The summed E-state index contributed by atoms with van der Waals surface area (Å²) in [5.41, 5.74) is 3.76. The molecule has 0 bridgehead atoms. The summed E-state index contributed by atoms with van der Waals surface area (Å²) in [6, 6.07) is 11.5. The quantitative estimate of drug-likeness (QED) is 0.539. The van der Waals surface area contributed by atoms with Crippen molar-refractivity contribution in [3.63, 3.8) is 0 Å². The van der Waals surface area contributed by atoms with Crippen LogP contribution in [0.1, 0.15) is 16.7 Å². The van der Waals surface area contributed by atoms with Crippen LogP contribution in [0.2, 0.25) is 0 Å². The second kappa shape index (κ2) is 9.34. The third-order valence-corrected chi connectivity index (χ3v) is 7.23. The van der Waals surface area contributed by atoms with Gasteiger partial charge in [-0.05, 0) is 62.2 Å². The van der Waals surface area contributed by atoms with E-state index >= 15 is 0 Å². The Balaban J connectivity index is 1.57. The predicted octanol–water partition coefficient (Wildman–Crippen LogP) is 4.41. The molecule has 9 heteroatoms. The van der Waals surface area contributed by atoms with Gasteiger partial charge in [0, 0.05) is 11.8 Å². The number of carbonyl (C=O) groups excluding carboxylic acids is 1. The Morgan fingerprint density at radius 3 is 2.32 bits per heavy atom. The largest absolute Gasteiger partial charge is 0.486 e. The molecule has 3 aromatic rings. The van der Waals surface area contributed by atoms with Crippen molar-refractivity contribution in [3.05, 3.63) is 71.0 Å². The lowest BCUT2D eigenvalue weighted by molar-refractivity contribution is -0.114. The minimum atomic E-state index is -4.12. The van der Waals surface area contributed by atoms with Gasteiger partial charge in [0.2, 0.25) is 15.7 Å². The Labute approximate surface area is 197 Å². The molecule has 0 spiro atoms. The van der Waals surface area contributed by atoms with Gasteiger partial charge >= 0.3 is 0 Å². The molecule has 3 aromatic carbocycles. The van der Waals surface area contributed by atoms with E-state index in [0.717, 1.165) is 28.8 Å². The maximum absolute atomic E-state index is 14.1. The topological polar surface area (TPSA) is 93.7 Å². The van der Waals surface area contributed by atoms with Gasteiger partial charge in [-0.15, -0.1) is 0 Å². The van der Waals surface area contributed by atoms with Gasteiger partial charge in [0.1, 0.15) is 19.0 Å². The standard InChI is InChI=1S/C25H25FN2O5S/c1-15-10-16(2)25(17(3)11-15)28-24(29)14-27-20-6-4-18(26)12-23(20)34(30,31)19-5-7-21-22(13-19)33-9-8-32-21/h4-7,10-13,27H,8-9,14H2,1-3H3,(H,28,29). The Kier molecular flexibility index (Phi) is 6.47. The molecule has 0 unspecified atom stereocenters. The number of hydrogen-bond donors (Lipinski definition) is 2. The number of hydrogen-bond acceptors (Lipinski definition) is 6. The summed E-state index contributed by atoms with van der Waals surface area (Å²) in [6.07, 6.45) is 0. The van der Waals surface area contributed by atoms with Gasteiger partial charge in [0.25, 0.3) is 0 Å². The number of carbonyl (C=O) groups is 1. The van der Waals surface area contributed by atoms with Crippen LogP contribution in [0.4, 0.5) is 15.8 Å². The van der Waals surface area contributed by atoms with E-state index in [-0.39, 0.29) is 27.9 Å². The van der Waals surface area contributed by atoms with E-state index in [1.54, 1.807) is 0 Å². The molecule has 0 saturated carbocycles. The highest BCUT2D eigenvalue weighted by molar-refractivity contribution is 7.91. The van der Waals surface area contributed by atoms with Crippen LogP contribution in [0.25, 0.3) is 0 Å². The zero-order valence-electron chi connectivity index (χ0n) is 19.1. The fourth-order valence-electron chi connectivity index (χ4n) is 3.92. The molecule has 1 heterocycles. The molecule has 0 fully saturated rings. The highest BCUT2D eigenvalue weighted by atomic mass is 32.2. The summed E-state index contributed by atoms with van der Waals surface area (Å²) in [4.78, 5) is 12.3. The van der Waals surface area contributed by atoms with E-state index in [2.05, 4.69) is 10.6 Å². The van der Waals surface area contributed by atoms with Crippen molar-refractivity contribution in [2.75, 3.05) is 30.4 Å². The molecule has 0 aliphatic carbocycles. The normalized spacial score (nSPS) is 12.8. The third-order valence-electron chi connectivity index (χ3n) is 5.44. The second-order valence-electron chi connectivity index (χ2n) is 8.12. The number of aryl methyl sites for hydroxylation is 3. The van der Waals surface area contributed by atoms with Gasteiger partial charge in [-0.3, -0.25) is 4.79 Å². The predicted molar refractivity (Wildman–Crippen MR) is 127 cm³/mol. The van der Waals surface area contributed by atoms with Crippen LogP contribution in [0, 0.1) is 26.6 Å². The summed E-state index contributed by atoms with van der Waals surface area (Å²) < 4.78 is 51.7. The first-order valence-corrected chi connectivity index (χ1v) is 12.2. The van der Waals surface area contributed by atoms with Gasteiger partial charge in [-0.1, -0.05) is 17.7 Å². The lowest BCUT2D eigenvalue weighted by atomic mass is 10.1. The van der Waals surface area contributed by atoms with E-state index in [9.17, 15) is 17.6 Å². The Morgan fingerprint density at radius 1 is 0.941 bits per heavy atom. The number of anilines is 2. The SMILES string of the molecule is Cc1cc(C)c(NC(=O)CNc2ccc(F)cc2S(=O)(=O)c2ccc3c(c2)OCCO3)c(C)c1. The molecule has 2 N–H and O–H groups in total. The molecule has 34 heavy (non-hydrogen) atoms. The Morgan fingerprint density at radius 2 is 1.62 bits per heavy atom. The number of benzene rings is 3. The number of nitrogens with one attached hydrogen (secondary N) is 2. The zero-order chi connectivity index (χ0) is 24.5. The number of fused-ring (bicyclic) bond motifs is 1. The molecule has 1 amide bonds. The fourth-order valence-corrected chi connectivity index (χ4v) is 5.38. The fraction of sp³-hybridized carbons (Fsp3) is 0.240. The van der Waals surface area contributed by atoms with Crippen LogP contribution < -0.4 is 20.1 Å². The molecular weight excluding hydrogens is 459 g/mol. The van der Waals surface area contributed by atoms with E-state index in [4.69, 9.17) is 9.47 Å². The Hall–Kier alpha value is -3.59. The highest BCUT2D eigenvalue weighted by Crippen LogP contribution is 2.36. The molecule has 0 saturated heterocycles. The molecular formula is C25H25FN2O5S. The van der Waals surface area contributed by atoms with Crippen molar-refractivity contribution >= 4 is 27.1 Å². The van der Waals surface area contributed by atoms with Gasteiger partial charge in [-0.25, -0.2) is 12.8 Å². The van der Waals surface area contributed by atoms with Crippen LogP contribution >= 0.6 is 0 Å². The summed E-state index contributed by atoms with van der Waals surface area (Å²) in [7, 11) is -4.12. The number of halogens is 1. The van der Waals surface area contributed by atoms with Gasteiger partial charge in [-0.2, -0.15) is 0 Å². The maximum atomic E-state index is 14.1. The average Bonchev–Trinajstić information content (AvgIpc) is 2.80. The summed E-state index contributed by atoms with van der Waals surface area (Å²) in [5.74, 6) is -0.318. The van der Waals surface area contributed by atoms with Gasteiger partial charge in [0.15, 0.2) is 11.5 Å². The van der Waals surface area contributed by atoms with Crippen molar-refractivity contribution in [2.24, 2.45) is 0 Å². The highest BCUT2D eigenvalue weighted by Gasteiger charge is 2.25. The molecule has 178 valence electrons. The van der Waals surface area contributed by atoms with Crippen molar-refractivity contribution in [3.8, 4) is 11.5 Å². The van der Waals surface area contributed by atoms with Gasteiger partial charge < -0.3 is 20.1 Å². The van der Waals surface area contributed by atoms with Crippen LogP contribution in [-0.4, -0.2) is 34.1 Å². The number of rotatable bonds is 6. The van der Waals surface area contributed by atoms with Crippen molar-refractivity contribution in [1.82, 2.24) is 0 Å². The van der Waals surface area contributed by atoms with Crippen molar-refractivity contribution in [1.29, 1.82) is 0 Å². The van der Waals surface area contributed by atoms with Gasteiger partial charge in [0.05, 0.1) is 22.0 Å². The smallest absolute Gasteiger partial charge is 0.243 e. The molecule has 0 aromatic heterocycles. The van der Waals surface area contributed by atoms with E-state index in [1.165, 1.54) is 24.3 Å². The zero-order valence-corrected chi connectivity index (χ0v) is 19.9. The molecule has 4 rings (SSSR count). The molecule has 1 aliphatic heterocycles. The van der Waals surface area contributed by atoms with Crippen LogP contribution in [-0.2, 0) is 14.6 Å². The average molecular weight is 485 g/mol. The molecule has 7 nitrogen and oxygen atoms in total. The first kappa shape index (κ1) is 23.6. The van der Waals surface area contributed by atoms with Crippen molar-refractivity contribution in [2.45, 2.75) is 30.6 Å². The number of sulfone groups is 1. The minimum Gasteiger partial charge on any atom is -0.486 e. The monoisotopic (exact) mass is 484 g/mol. The van der Waals surface area contributed by atoms with Crippen molar-refractivity contribution < 1.29 is 27.1 Å². The first-order chi connectivity index (χ1) is 16.1. The van der Waals surface area contributed by atoms with E-state index in [0.29, 0.717) is 30.4 Å². The lowest BCUT2D eigenvalue weighted by Gasteiger charge is -2.19. The minimum absolute atomic E-state index is 0.0687. The van der Waals surface area contributed by atoms with Crippen LogP contribution in [0.15, 0.2) is 58.3 Å². The lowest BCUT2D eigenvalue weighted by Crippen LogP contribution is -2.23. The van der Waals surface area contributed by atoms with Crippen LogP contribution in [0.3, 0.4) is 0 Å². The summed E-state index contributed by atoms with van der Waals surface area (Å²) >= 11 is 0. The van der Waals surface area contributed by atoms with E-state index < -0.39 is 15.7 Å². The molecule has 1 aliphatic rings. The first-order valence-electron chi connectivity index (χ1n) is 10.7. The summed E-state index contributed by atoms with van der Waals surface area (Å²) in [6.45, 7) is 6.26. The van der Waals surface area contributed by atoms with Crippen LogP contribution in [0.5, 0.6) is 11.5 Å². The number of amides is 1. The number of ether oxygens (including phenoxy) is 2. The third kappa shape index (κ3) is 4.84. The second-order valence-corrected chi connectivity index (χ2v) is 10.0.